The summed E-state index contributed by atoms with van der Waals surface area (Å²) < 4.78 is 28.1. The van der Waals surface area contributed by atoms with Gasteiger partial charge in [0.15, 0.2) is 0 Å². The second-order valence-electron chi connectivity index (χ2n) is 8.79. The highest BCUT2D eigenvalue weighted by Gasteiger charge is 2.24. The number of aromatic amines is 1. The molecule has 0 saturated heterocycles. The summed E-state index contributed by atoms with van der Waals surface area (Å²) in [5, 5.41) is 5.14. The molecule has 0 atom stereocenters. The smallest absolute Gasteiger partial charge is 0.323 e. The van der Waals surface area contributed by atoms with Crippen LogP contribution in [0.25, 0.3) is 22.6 Å². The van der Waals surface area contributed by atoms with E-state index in [2.05, 4.69) is 25.6 Å². The lowest BCUT2D eigenvalue weighted by molar-refractivity contribution is 0.262. The number of nitrogens with one attached hydrogen (secondary N) is 3. The highest BCUT2D eigenvalue weighted by Crippen LogP contribution is 2.34. The summed E-state index contributed by atoms with van der Waals surface area (Å²) in [5.74, 6) is -0.439. The van der Waals surface area contributed by atoms with Crippen LogP contribution in [-0.4, -0.2) is 26.0 Å². The zero-order valence-corrected chi connectivity index (χ0v) is 19.8. The second-order valence-corrected chi connectivity index (χ2v) is 9.20. The molecule has 0 spiro atoms. The van der Waals surface area contributed by atoms with Crippen LogP contribution in [-0.2, 0) is 5.41 Å². The molecule has 0 aliphatic rings. The molecule has 8 nitrogen and oxygen atoms in total. The molecule has 2 aromatic heterocycles. The summed E-state index contributed by atoms with van der Waals surface area (Å²) in [6.07, 6.45) is 1.51. The van der Waals surface area contributed by atoms with E-state index in [1.807, 2.05) is 20.8 Å². The predicted molar refractivity (Wildman–Crippen MR) is 132 cm³/mol. The number of benzene rings is 2. The molecule has 4 rings (SSSR count). The Morgan fingerprint density at radius 2 is 1.80 bits per heavy atom. The number of nitrogens with two attached hydrogens (primary N) is 1. The van der Waals surface area contributed by atoms with E-state index in [1.165, 1.54) is 24.4 Å². The van der Waals surface area contributed by atoms with Gasteiger partial charge < -0.3 is 21.4 Å². The summed E-state index contributed by atoms with van der Waals surface area (Å²) >= 11 is 6.00. The van der Waals surface area contributed by atoms with Crippen LogP contribution in [0, 0.1) is 11.6 Å². The second kappa shape index (κ2) is 9.30. The van der Waals surface area contributed by atoms with E-state index in [9.17, 15) is 13.6 Å². The van der Waals surface area contributed by atoms with E-state index >= 15 is 0 Å². The molecule has 180 valence electrons. The van der Waals surface area contributed by atoms with Crippen LogP contribution in [0.5, 0.6) is 0 Å². The van der Waals surface area contributed by atoms with Gasteiger partial charge in [-0.3, -0.25) is 0 Å². The number of nitrogens with zero attached hydrogens (tertiary/aromatic N) is 3. The number of anilines is 3. The topological polar surface area (TPSA) is 122 Å². The van der Waals surface area contributed by atoms with Crippen molar-refractivity contribution < 1.29 is 13.6 Å². The third-order valence-corrected chi connectivity index (χ3v) is 5.28. The SMILES string of the molecule is CC(C)(C)c1nc(-c2cc(F)cc(NC(=O)Nc3cc(F)ccc3Cl)c2)c(-c2ccnc(N)n2)[nH]1. The molecule has 0 aliphatic carbocycles. The number of imidazole rings is 1. The van der Waals surface area contributed by atoms with E-state index in [0.29, 0.717) is 28.5 Å². The fraction of sp³-hybridized carbons (Fsp3) is 0.167. The monoisotopic (exact) mass is 497 g/mol. The summed E-state index contributed by atoms with van der Waals surface area (Å²) in [4.78, 5) is 28.6. The number of aromatic nitrogens is 4. The molecule has 0 aliphatic heterocycles. The van der Waals surface area contributed by atoms with Crippen molar-refractivity contribution in [3.63, 3.8) is 0 Å². The number of halogens is 3. The van der Waals surface area contributed by atoms with E-state index in [4.69, 9.17) is 22.3 Å². The highest BCUT2D eigenvalue weighted by atomic mass is 35.5. The van der Waals surface area contributed by atoms with Crippen LogP contribution in [0.3, 0.4) is 0 Å². The van der Waals surface area contributed by atoms with Gasteiger partial charge in [0.05, 0.1) is 27.8 Å². The largest absolute Gasteiger partial charge is 0.368 e. The number of hydrogen-bond acceptors (Lipinski definition) is 5. The fourth-order valence-electron chi connectivity index (χ4n) is 3.31. The molecule has 5 N–H and O–H groups in total. The Morgan fingerprint density at radius 1 is 1.03 bits per heavy atom. The van der Waals surface area contributed by atoms with Gasteiger partial charge in [0, 0.05) is 22.9 Å². The fourth-order valence-corrected chi connectivity index (χ4v) is 3.48. The number of urea groups is 1. The van der Waals surface area contributed by atoms with E-state index < -0.39 is 17.7 Å². The van der Waals surface area contributed by atoms with Gasteiger partial charge in [-0.2, -0.15) is 0 Å². The number of carbonyl (C=O) groups excluding carboxylic acids is 1. The first-order valence-electron chi connectivity index (χ1n) is 10.5. The van der Waals surface area contributed by atoms with Gasteiger partial charge in [-0.25, -0.2) is 28.5 Å². The van der Waals surface area contributed by atoms with Crippen molar-refractivity contribution in [2.45, 2.75) is 26.2 Å². The molecule has 2 aromatic carbocycles. The first-order chi connectivity index (χ1) is 16.5. The van der Waals surface area contributed by atoms with Crippen LogP contribution in [0.15, 0.2) is 48.7 Å². The van der Waals surface area contributed by atoms with Gasteiger partial charge in [-0.15, -0.1) is 0 Å². The van der Waals surface area contributed by atoms with Crippen LogP contribution >= 0.6 is 11.6 Å². The summed E-state index contributed by atoms with van der Waals surface area (Å²) in [7, 11) is 0. The third-order valence-electron chi connectivity index (χ3n) is 4.95. The zero-order valence-electron chi connectivity index (χ0n) is 19.1. The molecular formula is C24H22ClF2N7O. The van der Waals surface area contributed by atoms with Gasteiger partial charge in [0.2, 0.25) is 5.95 Å². The lowest BCUT2D eigenvalue weighted by Crippen LogP contribution is -2.19. The van der Waals surface area contributed by atoms with Gasteiger partial charge in [-0.05, 0) is 42.5 Å². The number of nitrogen functional groups attached to an aromatic ring is 1. The summed E-state index contributed by atoms with van der Waals surface area (Å²) in [5.41, 5.74) is 7.46. The van der Waals surface area contributed by atoms with Crippen molar-refractivity contribution in [2.24, 2.45) is 0 Å². The van der Waals surface area contributed by atoms with Crippen LogP contribution in [0.2, 0.25) is 5.02 Å². The Morgan fingerprint density at radius 3 is 2.51 bits per heavy atom. The average Bonchev–Trinajstić information content (AvgIpc) is 3.22. The van der Waals surface area contributed by atoms with Crippen LogP contribution in [0.1, 0.15) is 26.6 Å². The number of hydrogen-bond donors (Lipinski definition) is 4. The van der Waals surface area contributed by atoms with Crippen molar-refractivity contribution in [3.8, 4) is 22.6 Å². The van der Waals surface area contributed by atoms with E-state index in [-0.39, 0.29) is 27.8 Å². The molecule has 0 bridgehead atoms. The molecule has 0 saturated carbocycles. The number of carbonyl (C=O) groups is 1. The zero-order chi connectivity index (χ0) is 25.3. The maximum absolute atomic E-state index is 14.6. The van der Waals surface area contributed by atoms with Crippen molar-refractivity contribution >= 4 is 35.0 Å². The molecule has 0 fully saturated rings. The molecule has 2 heterocycles. The van der Waals surface area contributed by atoms with Gasteiger partial charge in [0.25, 0.3) is 0 Å². The Labute approximate surface area is 205 Å². The van der Waals surface area contributed by atoms with Crippen molar-refractivity contribution in [1.82, 2.24) is 19.9 Å². The van der Waals surface area contributed by atoms with Crippen molar-refractivity contribution in [2.75, 3.05) is 16.4 Å². The standard InChI is InChI=1S/C24H22ClF2N7O/c1-24(2,3)21-33-19(20(34-21)17-6-7-29-22(28)31-17)12-8-14(27)10-15(9-12)30-23(35)32-18-11-13(26)4-5-16(18)25/h4-11H,1-3H3,(H,33,34)(H2,28,29,31)(H2,30,32,35). The van der Waals surface area contributed by atoms with Crippen LogP contribution < -0.4 is 16.4 Å². The minimum atomic E-state index is -0.727. The lowest BCUT2D eigenvalue weighted by Gasteiger charge is -2.14. The predicted octanol–water partition coefficient (Wildman–Crippen LogP) is 5.99. The Bertz CT molecular complexity index is 1420. The Balaban J connectivity index is 1.71. The minimum Gasteiger partial charge on any atom is -0.368 e. The lowest BCUT2D eigenvalue weighted by atomic mass is 9.96. The number of H-pyrrole nitrogens is 1. The highest BCUT2D eigenvalue weighted by molar-refractivity contribution is 6.33. The molecule has 35 heavy (non-hydrogen) atoms. The molecule has 0 radical (unpaired) electrons. The number of amides is 2. The van der Waals surface area contributed by atoms with Crippen molar-refractivity contribution in [3.05, 3.63) is 71.1 Å². The normalized spacial score (nSPS) is 11.4. The van der Waals surface area contributed by atoms with Crippen LogP contribution in [0.4, 0.5) is 30.9 Å². The van der Waals surface area contributed by atoms with E-state index in [0.717, 1.165) is 12.1 Å². The molecular weight excluding hydrogens is 476 g/mol. The van der Waals surface area contributed by atoms with Crippen molar-refractivity contribution in [1.29, 1.82) is 0 Å². The Kier molecular flexibility index (Phi) is 6.40. The maximum Gasteiger partial charge on any atom is 0.323 e. The maximum atomic E-state index is 14.6. The summed E-state index contributed by atoms with van der Waals surface area (Å²) in [6, 6.07) is 8.51. The summed E-state index contributed by atoms with van der Waals surface area (Å²) in [6.45, 7) is 5.94. The first kappa shape index (κ1) is 24.1. The van der Waals surface area contributed by atoms with Gasteiger partial charge in [0.1, 0.15) is 17.5 Å². The molecule has 2 amide bonds. The minimum absolute atomic E-state index is 0.0755. The van der Waals surface area contributed by atoms with Gasteiger partial charge in [-0.1, -0.05) is 32.4 Å². The quantitative estimate of drug-likeness (QED) is 0.276. The van der Waals surface area contributed by atoms with Gasteiger partial charge >= 0.3 is 6.03 Å². The Hall–Kier alpha value is -4.05. The third kappa shape index (κ3) is 5.55. The molecule has 11 heteroatoms. The number of rotatable bonds is 4. The average molecular weight is 498 g/mol. The van der Waals surface area contributed by atoms with E-state index in [1.54, 1.807) is 12.1 Å². The molecule has 4 aromatic rings. The first-order valence-corrected chi connectivity index (χ1v) is 10.9. The molecule has 0 unspecified atom stereocenters.